The van der Waals surface area contributed by atoms with Crippen LogP contribution in [0.1, 0.15) is 18.1 Å². The van der Waals surface area contributed by atoms with Crippen LogP contribution in [0.25, 0.3) is 0 Å². The lowest BCUT2D eigenvalue weighted by Crippen LogP contribution is -2.37. The third-order valence-corrected chi connectivity index (χ3v) is 3.82. The van der Waals surface area contributed by atoms with Crippen LogP contribution in [0.3, 0.4) is 0 Å². The molecule has 0 bridgehead atoms. The Balaban J connectivity index is 1.81. The van der Waals surface area contributed by atoms with Crippen LogP contribution in [0.2, 0.25) is 10.0 Å². The van der Waals surface area contributed by atoms with E-state index in [1.807, 2.05) is 6.92 Å². The van der Waals surface area contributed by atoms with Crippen LogP contribution in [0.15, 0.2) is 47.6 Å². The predicted octanol–water partition coefficient (Wildman–Crippen LogP) is 3.16. The zero-order valence-electron chi connectivity index (χ0n) is 14.0. The van der Waals surface area contributed by atoms with Gasteiger partial charge in [0.05, 0.1) is 12.8 Å². The molecule has 0 heterocycles. The molecule has 0 atom stereocenters. The molecule has 2 amide bonds. The lowest BCUT2D eigenvalue weighted by molar-refractivity contribution is -0.139. The summed E-state index contributed by atoms with van der Waals surface area (Å²) in [6.45, 7) is 2.58. The third-order valence-electron chi connectivity index (χ3n) is 3.23. The van der Waals surface area contributed by atoms with Crippen LogP contribution in [-0.4, -0.2) is 24.6 Å². The van der Waals surface area contributed by atoms with E-state index in [0.717, 1.165) is 11.3 Å². The van der Waals surface area contributed by atoms with Gasteiger partial charge in [0.2, 0.25) is 0 Å². The molecule has 26 heavy (non-hydrogen) atoms. The van der Waals surface area contributed by atoms with Crippen LogP contribution in [0, 0.1) is 0 Å². The van der Waals surface area contributed by atoms with Crippen LogP contribution in [0.4, 0.5) is 0 Å². The molecule has 0 aliphatic rings. The molecule has 2 N–H and O–H groups in total. The molecule has 2 aromatic rings. The van der Waals surface area contributed by atoms with E-state index in [1.54, 1.807) is 42.5 Å². The van der Waals surface area contributed by atoms with Gasteiger partial charge in [-0.15, -0.1) is 0 Å². The minimum atomic E-state index is -0.878. The average Bonchev–Trinajstić information content (AvgIpc) is 2.62. The normalized spacial score (nSPS) is 10.6. The highest BCUT2D eigenvalue weighted by atomic mass is 35.5. The molecule has 0 radical (unpaired) electrons. The molecule has 0 spiro atoms. The topological polar surface area (TPSA) is 79.8 Å². The molecule has 0 saturated heterocycles. The van der Waals surface area contributed by atoms with Gasteiger partial charge in [0.15, 0.2) is 0 Å². The van der Waals surface area contributed by atoms with Gasteiger partial charge >= 0.3 is 11.8 Å². The molecule has 2 rings (SSSR count). The number of rotatable bonds is 6. The van der Waals surface area contributed by atoms with Crippen molar-refractivity contribution in [2.75, 3.05) is 6.61 Å². The Hall–Kier alpha value is -2.57. The van der Waals surface area contributed by atoms with E-state index in [9.17, 15) is 9.59 Å². The first-order valence-electron chi connectivity index (χ1n) is 7.77. The molecule has 0 saturated carbocycles. The summed E-state index contributed by atoms with van der Waals surface area (Å²) < 4.78 is 5.33. The zero-order chi connectivity index (χ0) is 18.9. The van der Waals surface area contributed by atoms with Crippen molar-refractivity contribution < 1.29 is 14.3 Å². The van der Waals surface area contributed by atoms with Crippen molar-refractivity contribution in [1.29, 1.82) is 0 Å². The maximum atomic E-state index is 11.8. The van der Waals surface area contributed by atoms with Crippen LogP contribution in [-0.2, 0) is 16.1 Å². The molecule has 0 aliphatic carbocycles. The Morgan fingerprint density at radius 1 is 1.12 bits per heavy atom. The minimum absolute atomic E-state index is 0.102. The molecule has 0 fully saturated rings. The summed E-state index contributed by atoms with van der Waals surface area (Å²) in [6.07, 6.45) is 1.43. The number of hydrogen-bond acceptors (Lipinski definition) is 4. The number of benzene rings is 2. The minimum Gasteiger partial charge on any atom is -0.494 e. The van der Waals surface area contributed by atoms with Gasteiger partial charge in [-0.3, -0.25) is 9.59 Å². The van der Waals surface area contributed by atoms with E-state index < -0.39 is 11.8 Å². The van der Waals surface area contributed by atoms with E-state index in [4.69, 9.17) is 27.9 Å². The van der Waals surface area contributed by atoms with Gasteiger partial charge in [-0.05, 0) is 54.4 Å². The first-order chi connectivity index (χ1) is 12.5. The molecule has 8 heteroatoms. The number of nitrogens with one attached hydrogen (secondary N) is 2. The molecule has 0 aromatic heterocycles. The summed E-state index contributed by atoms with van der Waals surface area (Å²) in [5.41, 5.74) is 3.56. The summed E-state index contributed by atoms with van der Waals surface area (Å²) in [5.74, 6) is -0.953. The number of carbonyl (C=O) groups is 2. The van der Waals surface area contributed by atoms with Gasteiger partial charge in [0.1, 0.15) is 5.75 Å². The van der Waals surface area contributed by atoms with E-state index in [1.165, 1.54) is 6.21 Å². The highest BCUT2D eigenvalue weighted by molar-refractivity contribution is 6.36. The summed E-state index contributed by atoms with van der Waals surface area (Å²) in [4.78, 5) is 23.5. The van der Waals surface area contributed by atoms with Crippen molar-refractivity contribution in [3.8, 4) is 5.75 Å². The van der Waals surface area contributed by atoms with E-state index in [-0.39, 0.29) is 6.54 Å². The fourth-order valence-corrected chi connectivity index (χ4v) is 2.43. The second kappa shape index (κ2) is 9.79. The Morgan fingerprint density at radius 2 is 1.85 bits per heavy atom. The second-order valence-electron chi connectivity index (χ2n) is 5.12. The van der Waals surface area contributed by atoms with Gasteiger partial charge in [-0.2, -0.15) is 5.10 Å². The Kier molecular flexibility index (Phi) is 7.44. The quantitative estimate of drug-likeness (QED) is 0.449. The highest BCUT2D eigenvalue weighted by Gasteiger charge is 2.12. The molecule has 6 nitrogen and oxygen atoms in total. The maximum absolute atomic E-state index is 11.8. The van der Waals surface area contributed by atoms with Crippen molar-refractivity contribution in [2.24, 2.45) is 5.10 Å². The molecule has 136 valence electrons. The first-order valence-corrected chi connectivity index (χ1v) is 8.53. The lowest BCUT2D eigenvalue weighted by atomic mass is 10.2. The monoisotopic (exact) mass is 393 g/mol. The Labute approximate surface area is 161 Å². The van der Waals surface area contributed by atoms with Crippen molar-refractivity contribution in [3.05, 3.63) is 63.6 Å². The van der Waals surface area contributed by atoms with E-state index >= 15 is 0 Å². The Morgan fingerprint density at radius 3 is 2.50 bits per heavy atom. The average molecular weight is 394 g/mol. The van der Waals surface area contributed by atoms with Crippen LogP contribution >= 0.6 is 23.2 Å². The second-order valence-corrected chi connectivity index (χ2v) is 5.96. The van der Waals surface area contributed by atoms with Gasteiger partial charge in [-0.25, -0.2) is 5.43 Å². The molecular formula is C18H17Cl2N3O3. The maximum Gasteiger partial charge on any atom is 0.329 e. The SMILES string of the molecule is CCOc1ccc(/C=N\NC(=O)C(=O)NCc2ccc(Cl)cc2Cl)cc1. The summed E-state index contributed by atoms with van der Waals surface area (Å²) in [7, 11) is 0. The molecule has 2 aromatic carbocycles. The summed E-state index contributed by atoms with van der Waals surface area (Å²) in [6, 6.07) is 12.0. The highest BCUT2D eigenvalue weighted by Crippen LogP contribution is 2.20. The number of hydrazone groups is 1. The first kappa shape index (κ1) is 19.8. The predicted molar refractivity (Wildman–Crippen MR) is 102 cm³/mol. The summed E-state index contributed by atoms with van der Waals surface area (Å²) in [5, 5.41) is 7.11. The largest absolute Gasteiger partial charge is 0.494 e. The zero-order valence-corrected chi connectivity index (χ0v) is 15.5. The van der Waals surface area contributed by atoms with Gasteiger partial charge < -0.3 is 10.1 Å². The fraction of sp³-hybridized carbons (Fsp3) is 0.167. The van der Waals surface area contributed by atoms with Gasteiger partial charge in [-0.1, -0.05) is 29.3 Å². The fourth-order valence-electron chi connectivity index (χ4n) is 1.95. The van der Waals surface area contributed by atoms with Gasteiger partial charge in [0, 0.05) is 16.6 Å². The number of nitrogens with zero attached hydrogens (tertiary/aromatic N) is 1. The number of halogens is 2. The van der Waals surface area contributed by atoms with Crippen molar-refractivity contribution in [1.82, 2.24) is 10.7 Å². The number of amides is 2. The van der Waals surface area contributed by atoms with Crippen molar-refractivity contribution in [3.63, 3.8) is 0 Å². The lowest BCUT2D eigenvalue weighted by Gasteiger charge is -2.06. The third kappa shape index (κ3) is 6.06. The van der Waals surface area contributed by atoms with Crippen LogP contribution in [0.5, 0.6) is 5.75 Å². The standard InChI is InChI=1S/C18H17Cl2N3O3/c1-2-26-15-7-3-12(4-8-15)10-22-23-18(25)17(24)21-11-13-5-6-14(19)9-16(13)20/h3-10H,2,11H2,1H3,(H,21,24)(H,23,25)/b22-10-. The molecule has 0 aliphatic heterocycles. The molecule has 0 unspecified atom stereocenters. The van der Waals surface area contributed by atoms with E-state index in [2.05, 4.69) is 15.8 Å². The number of hydrogen-bond donors (Lipinski definition) is 2. The molecular weight excluding hydrogens is 377 g/mol. The summed E-state index contributed by atoms with van der Waals surface area (Å²) >= 11 is 11.8. The van der Waals surface area contributed by atoms with Gasteiger partial charge in [0.25, 0.3) is 0 Å². The Bertz CT molecular complexity index is 808. The number of ether oxygens (including phenoxy) is 1. The smallest absolute Gasteiger partial charge is 0.329 e. The van der Waals surface area contributed by atoms with Crippen LogP contribution < -0.4 is 15.5 Å². The van der Waals surface area contributed by atoms with Crippen molar-refractivity contribution >= 4 is 41.2 Å². The van der Waals surface area contributed by atoms with Crippen molar-refractivity contribution in [2.45, 2.75) is 13.5 Å². The number of carbonyl (C=O) groups excluding carboxylic acids is 2. The van der Waals surface area contributed by atoms with E-state index in [0.29, 0.717) is 22.2 Å².